The van der Waals surface area contributed by atoms with Crippen LogP contribution in [0.1, 0.15) is 34.9 Å². The molecule has 0 aliphatic heterocycles. The molecule has 2 aromatic rings. The number of rotatable bonds is 6. The Kier molecular flexibility index (Phi) is 6.98. The molecule has 2 aromatic heterocycles. The molecule has 7 nitrogen and oxygen atoms in total. The van der Waals surface area contributed by atoms with Gasteiger partial charge >= 0.3 is 6.16 Å². The third-order valence-electron chi connectivity index (χ3n) is 4.53. The minimum atomic E-state index is -0.657. The highest BCUT2D eigenvalue weighted by Gasteiger charge is 2.27. The minimum absolute atomic E-state index is 0.172. The molecule has 0 radical (unpaired) electrons. The Hall–Kier alpha value is -3.18. The molecule has 0 saturated heterocycles. The molecule has 0 bridgehead atoms. The van der Waals surface area contributed by atoms with E-state index in [1.807, 2.05) is 6.07 Å². The topological polar surface area (TPSA) is 101 Å². The number of carbonyl (C=O) groups excluding carboxylic acids is 2. The van der Waals surface area contributed by atoms with Crippen molar-refractivity contribution >= 4 is 34.5 Å². The Bertz CT molecular complexity index is 947. The number of pyridine rings is 1. The van der Waals surface area contributed by atoms with E-state index in [2.05, 4.69) is 16.4 Å². The Morgan fingerprint density at radius 3 is 3.03 bits per heavy atom. The van der Waals surface area contributed by atoms with Crippen LogP contribution in [0.5, 0.6) is 0 Å². The molecule has 0 fully saturated rings. The van der Waals surface area contributed by atoms with E-state index in [0.717, 1.165) is 22.4 Å². The molecule has 3 rings (SSSR count). The van der Waals surface area contributed by atoms with Crippen LogP contribution >= 0.6 is 11.3 Å². The summed E-state index contributed by atoms with van der Waals surface area (Å²) >= 11 is 1.41. The van der Waals surface area contributed by atoms with Gasteiger partial charge in [0.2, 0.25) is 5.91 Å². The van der Waals surface area contributed by atoms with Gasteiger partial charge in [0, 0.05) is 23.3 Å². The van der Waals surface area contributed by atoms with E-state index < -0.39 is 6.16 Å². The van der Waals surface area contributed by atoms with Crippen LogP contribution < -0.4 is 5.32 Å². The van der Waals surface area contributed by atoms with Crippen LogP contribution in [-0.4, -0.2) is 30.3 Å². The molecule has 1 N–H and O–H groups in total. The van der Waals surface area contributed by atoms with Gasteiger partial charge in [-0.05, 0) is 55.4 Å². The minimum Gasteiger partial charge on any atom is -0.435 e. The fourth-order valence-electron chi connectivity index (χ4n) is 3.15. The van der Waals surface area contributed by atoms with Crippen LogP contribution in [0.25, 0.3) is 6.08 Å². The van der Waals surface area contributed by atoms with Crippen LogP contribution in [0.4, 0.5) is 9.80 Å². The highest BCUT2D eigenvalue weighted by Crippen LogP contribution is 2.39. The Morgan fingerprint density at radius 2 is 2.31 bits per heavy atom. The van der Waals surface area contributed by atoms with E-state index in [0.29, 0.717) is 23.4 Å². The van der Waals surface area contributed by atoms with Crippen LogP contribution in [0.3, 0.4) is 0 Å². The van der Waals surface area contributed by atoms with Crippen molar-refractivity contribution in [3.05, 3.63) is 52.2 Å². The zero-order valence-corrected chi connectivity index (χ0v) is 16.8. The molecule has 1 aliphatic rings. The predicted octanol–water partition coefficient (Wildman–Crippen LogP) is 3.94. The number of aromatic nitrogens is 1. The van der Waals surface area contributed by atoms with Gasteiger partial charge in [0.15, 0.2) is 0 Å². The highest BCUT2D eigenvalue weighted by molar-refractivity contribution is 7.16. The maximum Gasteiger partial charge on any atom is 0.508 e. The standard InChI is InChI=1S/C21H21N3O4S/c1-2-27-21(26)28-13-15-5-7-16-17(11-22)20(29-18(16)10-15)24-19(25)8-6-14-4-3-9-23-12-14/h3-4,6,8-9,12,15H,2,5,7,10,13H2,1H3,(H,24,25)/b8-6+. The summed E-state index contributed by atoms with van der Waals surface area (Å²) in [7, 11) is 0. The number of fused-ring (bicyclic) bond motifs is 1. The smallest absolute Gasteiger partial charge is 0.435 e. The summed E-state index contributed by atoms with van der Waals surface area (Å²) in [4.78, 5) is 28.7. The van der Waals surface area contributed by atoms with Crippen LogP contribution in [-0.2, 0) is 27.1 Å². The predicted molar refractivity (Wildman–Crippen MR) is 109 cm³/mol. The Balaban J connectivity index is 1.65. The lowest BCUT2D eigenvalue weighted by Crippen LogP contribution is -2.21. The summed E-state index contributed by atoms with van der Waals surface area (Å²) in [6, 6.07) is 5.86. The van der Waals surface area contributed by atoms with Crippen LogP contribution in [0.15, 0.2) is 30.6 Å². The van der Waals surface area contributed by atoms with Gasteiger partial charge in [0.1, 0.15) is 11.1 Å². The lowest BCUT2D eigenvalue weighted by atomic mass is 9.88. The summed E-state index contributed by atoms with van der Waals surface area (Å²) < 4.78 is 9.92. The first kappa shape index (κ1) is 20.6. The van der Waals surface area contributed by atoms with Gasteiger partial charge in [-0.1, -0.05) is 6.07 Å². The molecule has 1 amide bonds. The van der Waals surface area contributed by atoms with Gasteiger partial charge in [-0.25, -0.2) is 4.79 Å². The summed E-state index contributed by atoms with van der Waals surface area (Å²) in [6.07, 6.45) is 7.99. The monoisotopic (exact) mass is 411 g/mol. The molecule has 8 heteroatoms. The first-order valence-corrected chi connectivity index (χ1v) is 10.2. The van der Waals surface area contributed by atoms with Gasteiger partial charge in [-0.15, -0.1) is 11.3 Å². The third kappa shape index (κ3) is 5.42. The van der Waals surface area contributed by atoms with Crippen molar-refractivity contribution < 1.29 is 19.1 Å². The normalized spacial score (nSPS) is 15.4. The molecule has 29 heavy (non-hydrogen) atoms. The number of nitriles is 1. The largest absolute Gasteiger partial charge is 0.508 e. The molecule has 2 heterocycles. The summed E-state index contributed by atoms with van der Waals surface area (Å²) in [5.41, 5.74) is 2.33. The van der Waals surface area contributed by atoms with E-state index in [1.54, 1.807) is 31.5 Å². The summed E-state index contributed by atoms with van der Waals surface area (Å²) in [5.74, 6) is -0.128. The summed E-state index contributed by atoms with van der Waals surface area (Å²) in [5, 5.41) is 13.0. The second kappa shape index (κ2) is 9.85. The van der Waals surface area contributed by atoms with E-state index >= 15 is 0 Å². The SMILES string of the molecule is CCOC(=O)OCC1CCc2c(sc(NC(=O)/C=C/c3cccnc3)c2C#N)C1. The molecular formula is C21H21N3O4S. The van der Waals surface area contributed by atoms with E-state index in [4.69, 9.17) is 9.47 Å². The fourth-order valence-corrected chi connectivity index (χ4v) is 4.46. The zero-order chi connectivity index (χ0) is 20.6. The van der Waals surface area contributed by atoms with Crippen LogP contribution in [0, 0.1) is 17.2 Å². The van der Waals surface area contributed by atoms with Crippen molar-refractivity contribution in [2.45, 2.75) is 26.2 Å². The third-order valence-corrected chi connectivity index (χ3v) is 5.70. The first-order chi connectivity index (χ1) is 14.1. The number of carbonyl (C=O) groups is 2. The molecule has 0 spiro atoms. The van der Waals surface area contributed by atoms with Crippen molar-refractivity contribution in [1.29, 1.82) is 5.26 Å². The average molecular weight is 411 g/mol. The number of anilines is 1. The number of amides is 1. The molecule has 1 atom stereocenters. The van der Waals surface area contributed by atoms with E-state index in [9.17, 15) is 14.9 Å². The maximum atomic E-state index is 12.3. The summed E-state index contributed by atoms with van der Waals surface area (Å²) in [6.45, 7) is 2.29. The van der Waals surface area contributed by atoms with E-state index in [-0.39, 0.29) is 25.0 Å². The molecule has 150 valence electrons. The lowest BCUT2D eigenvalue weighted by Gasteiger charge is -2.21. The number of hydrogen-bond acceptors (Lipinski definition) is 7. The van der Waals surface area contributed by atoms with Crippen molar-refractivity contribution in [3.8, 4) is 6.07 Å². The second-order valence-electron chi connectivity index (χ2n) is 6.53. The van der Waals surface area contributed by atoms with Gasteiger partial charge in [0.25, 0.3) is 0 Å². The van der Waals surface area contributed by atoms with Crippen molar-refractivity contribution in [2.75, 3.05) is 18.5 Å². The first-order valence-electron chi connectivity index (χ1n) is 9.34. The van der Waals surface area contributed by atoms with E-state index in [1.165, 1.54) is 17.4 Å². The molecule has 1 unspecified atom stereocenters. The quantitative estimate of drug-likeness (QED) is 0.571. The number of hydrogen-bond donors (Lipinski definition) is 1. The fraction of sp³-hybridized carbons (Fsp3) is 0.333. The number of thiophene rings is 1. The number of nitrogens with zero attached hydrogens (tertiary/aromatic N) is 2. The van der Waals surface area contributed by atoms with Gasteiger partial charge < -0.3 is 14.8 Å². The van der Waals surface area contributed by atoms with Gasteiger partial charge in [0.05, 0.1) is 18.8 Å². The number of ether oxygens (including phenoxy) is 2. The van der Waals surface area contributed by atoms with Gasteiger partial charge in [-0.2, -0.15) is 5.26 Å². The molecule has 0 aromatic carbocycles. The zero-order valence-electron chi connectivity index (χ0n) is 16.0. The maximum absolute atomic E-state index is 12.3. The van der Waals surface area contributed by atoms with Crippen molar-refractivity contribution in [3.63, 3.8) is 0 Å². The molecule has 0 saturated carbocycles. The Labute approximate surface area is 173 Å². The average Bonchev–Trinajstić information content (AvgIpc) is 3.07. The second-order valence-corrected chi connectivity index (χ2v) is 7.64. The van der Waals surface area contributed by atoms with Crippen molar-refractivity contribution in [1.82, 2.24) is 4.98 Å². The molecular weight excluding hydrogens is 390 g/mol. The Morgan fingerprint density at radius 1 is 1.45 bits per heavy atom. The highest BCUT2D eigenvalue weighted by atomic mass is 32.1. The van der Waals surface area contributed by atoms with Crippen molar-refractivity contribution in [2.24, 2.45) is 5.92 Å². The molecule has 1 aliphatic carbocycles. The van der Waals surface area contributed by atoms with Gasteiger partial charge in [-0.3, -0.25) is 9.78 Å². The number of nitrogens with one attached hydrogen (secondary N) is 1. The lowest BCUT2D eigenvalue weighted by molar-refractivity contribution is -0.111. The van der Waals surface area contributed by atoms with Crippen LogP contribution in [0.2, 0.25) is 0 Å².